The van der Waals surface area contributed by atoms with Gasteiger partial charge in [0.25, 0.3) is 0 Å². The Bertz CT molecular complexity index is 2000. The molecule has 14 heteroatoms. The van der Waals surface area contributed by atoms with Crippen molar-refractivity contribution < 1.29 is 27.8 Å². The summed E-state index contributed by atoms with van der Waals surface area (Å²) >= 11 is 0. The zero-order chi connectivity index (χ0) is 34.5. The molecule has 5 heterocycles. The topological polar surface area (TPSA) is 147 Å². The van der Waals surface area contributed by atoms with E-state index >= 15 is 0 Å². The highest BCUT2D eigenvalue weighted by atomic mass is 19.4. The van der Waals surface area contributed by atoms with E-state index in [2.05, 4.69) is 25.4 Å². The number of nitrogen functional groups attached to an aromatic ring is 1. The third kappa shape index (κ3) is 6.28. The minimum Gasteiger partial charge on any atom is -0.480 e. The molecule has 2 fully saturated rings. The number of hydrogen-bond donors (Lipinski definition) is 4. The van der Waals surface area contributed by atoms with Gasteiger partial charge in [-0.2, -0.15) is 28.2 Å². The van der Waals surface area contributed by atoms with Gasteiger partial charge in [0.05, 0.1) is 11.4 Å². The molecule has 7 rings (SSSR count). The summed E-state index contributed by atoms with van der Waals surface area (Å²) in [5.74, 6) is -1.04. The van der Waals surface area contributed by atoms with Crippen LogP contribution < -0.4 is 20.7 Å². The zero-order valence-corrected chi connectivity index (χ0v) is 27.0. The van der Waals surface area contributed by atoms with Gasteiger partial charge in [-0.25, -0.2) is 4.68 Å². The molecule has 2 aliphatic rings. The van der Waals surface area contributed by atoms with E-state index in [-0.39, 0.29) is 34.5 Å². The molecule has 5 aromatic rings. The van der Waals surface area contributed by atoms with Crippen LogP contribution in [0.25, 0.3) is 27.7 Å². The van der Waals surface area contributed by atoms with E-state index in [0.29, 0.717) is 49.4 Å². The monoisotopic (exact) mass is 674 g/mol. The van der Waals surface area contributed by atoms with E-state index in [1.807, 2.05) is 42.3 Å². The maximum atomic E-state index is 14.9. The summed E-state index contributed by atoms with van der Waals surface area (Å²) < 4.78 is 52.0. The normalized spacial score (nSPS) is 19.8. The molecule has 2 aliphatic heterocycles. The number of carboxylic acids is 1. The lowest BCUT2D eigenvalue weighted by molar-refractivity contribution is -0.198. The number of carbonyl (C=O) groups is 1. The first-order valence-electron chi connectivity index (χ1n) is 16.3. The second-order valence-electron chi connectivity index (χ2n) is 13.0. The van der Waals surface area contributed by atoms with Gasteiger partial charge in [0, 0.05) is 48.7 Å². The van der Waals surface area contributed by atoms with Gasteiger partial charge in [-0.1, -0.05) is 31.2 Å². The van der Waals surface area contributed by atoms with Crippen LogP contribution in [0.5, 0.6) is 5.88 Å². The maximum absolute atomic E-state index is 14.9. The van der Waals surface area contributed by atoms with E-state index < -0.39 is 24.3 Å². The number of H-pyrrole nitrogens is 1. The first kappa shape index (κ1) is 32.4. The molecule has 2 saturated heterocycles. The van der Waals surface area contributed by atoms with E-state index in [4.69, 9.17) is 10.5 Å². The minimum absolute atomic E-state index is 0.0631. The van der Waals surface area contributed by atoms with Crippen molar-refractivity contribution in [1.82, 2.24) is 30.0 Å². The fourth-order valence-electron chi connectivity index (χ4n) is 7.47. The SMILES string of the molecule is CCC1NC(C(=O)O)CC12CCN(c1cc(O[C@H](c3ccc(-c4ccc5cc[nH]c5c4)cc3-n3ccc(C)n3)C(F)(F)F)nc(N)n1)CC2. The summed E-state index contributed by atoms with van der Waals surface area (Å²) in [6.07, 6.45) is -1.06. The summed E-state index contributed by atoms with van der Waals surface area (Å²) in [7, 11) is 0. The van der Waals surface area contributed by atoms with Crippen molar-refractivity contribution in [3.8, 4) is 22.7 Å². The number of ether oxygens (including phenoxy) is 1. The van der Waals surface area contributed by atoms with Crippen LogP contribution in [0.4, 0.5) is 24.9 Å². The average molecular weight is 675 g/mol. The molecule has 0 saturated carbocycles. The van der Waals surface area contributed by atoms with Crippen molar-refractivity contribution in [2.75, 3.05) is 23.7 Å². The molecule has 1 spiro atoms. The molecule has 0 bridgehead atoms. The number of aromatic nitrogens is 5. The van der Waals surface area contributed by atoms with Gasteiger partial charge < -0.3 is 30.8 Å². The second-order valence-corrected chi connectivity index (χ2v) is 13.0. The quantitative estimate of drug-likeness (QED) is 0.151. The minimum atomic E-state index is -4.83. The molecular weight excluding hydrogens is 637 g/mol. The lowest BCUT2D eigenvalue weighted by Crippen LogP contribution is -2.46. The Labute approximate surface area is 280 Å². The van der Waals surface area contributed by atoms with E-state index in [1.54, 1.807) is 31.3 Å². The van der Waals surface area contributed by atoms with E-state index in [1.165, 1.54) is 16.8 Å². The van der Waals surface area contributed by atoms with Gasteiger partial charge in [0.1, 0.15) is 11.9 Å². The van der Waals surface area contributed by atoms with Crippen LogP contribution in [-0.2, 0) is 4.79 Å². The van der Waals surface area contributed by atoms with Gasteiger partial charge in [0.15, 0.2) is 0 Å². The first-order chi connectivity index (χ1) is 23.4. The van der Waals surface area contributed by atoms with Crippen LogP contribution in [0.2, 0.25) is 0 Å². The highest BCUT2D eigenvalue weighted by Gasteiger charge is 2.50. The number of benzene rings is 2. The Hall–Kier alpha value is -5.11. The van der Waals surface area contributed by atoms with Crippen LogP contribution in [0, 0.1) is 12.3 Å². The Balaban J connectivity index is 1.19. The van der Waals surface area contributed by atoms with Crippen molar-refractivity contribution in [3.63, 3.8) is 0 Å². The zero-order valence-electron chi connectivity index (χ0n) is 27.0. The lowest BCUT2D eigenvalue weighted by atomic mass is 9.71. The van der Waals surface area contributed by atoms with Crippen molar-refractivity contribution in [2.24, 2.45) is 5.41 Å². The fraction of sp³-hybridized carbons (Fsp3) is 0.371. The van der Waals surface area contributed by atoms with Crippen LogP contribution in [0.15, 0.2) is 67.0 Å². The van der Waals surface area contributed by atoms with Gasteiger partial charge in [0.2, 0.25) is 17.9 Å². The van der Waals surface area contributed by atoms with Crippen LogP contribution in [0.3, 0.4) is 0 Å². The Morgan fingerprint density at radius 3 is 2.55 bits per heavy atom. The number of rotatable bonds is 8. The average Bonchev–Trinajstić information content (AvgIpc) is 3.81. The van der Waals surface area contributed by atoms with Crippen molar-refractivity contribution in [2.45, 2.75) is 63.9 Å². The van der Waals surface area contributed by atoms with Gasteiger partial charge in [-0.3, -0.25) is 4.79 Å². The molecule has 0 radical (unpaired) electrons. The maximum Gasteiger partial charge on any atom is 0.429 e. The van der Waals surface area contributed by atoms with Crippen molar-refractivity contribution in [1.29, 1.82) is 0 Å². The molecule has 0 aliphatic carbocycles. The van der Waals surface area contributed by atoms with Gasteiger partial charge >= 0.3 is 12.1 Å². The van der Waals surface area contributed by atoms with E-state index in [0.717, 1.165) is 22.9 Å². The van der Waals surface area contributed by atoms with Gasteiger partial charge in [-0.15, -0.1) is 0 Å². The molecule has 2 aromatic carbocycles. The number of nitrogens with two attached hydrogens (primary N) is 1. The standard InChI is InChI=1S/C35H37F3N8O3/c1-3-28-34(19-26(41-28)32(47)48)10-14-45(15-11-34)29-18-30(43-33(39)42-29)49-31(35(36,37)38)24-7-6-23(17-27(24)46-13-9-20(2)44-46)22-5-4-21-8-12-40-25(21)16-22/h4-9,12-13,16-18,26,28,31,40-41H,3,10-11,14-15,19H2,1-2H3,(H,47,48)(H2,39,42,43)/t26?,28?,31-/m1/s1. The smallest absolute Gasteiger partial charge is 0.429 e. The van der Waals surface area contributed by atoms with Gasteiger partial charge in [-0.05, 0) is 78.8 Å². The number of alkyl halides is 3. The Morgan fingerprint density at radius 2 is 1.86 bits per heavy atom. The number of aliphatic carboxylic acids is 1. The highest BCUT2D eigenvalue weighted by Crippen LogP contribution is 2.46. The molecule has 2 unspecified atom stereocenters. The fourth-order valence-corrected chi connectivity index (χ4v) is 7.47. The summed E-state index contributed by atoms with van der Waals surface area (Å²) in [6.45, 7) is 4.86. The number of hydrogen-bond acceptors (Lipinski definition) is 8. The molecule has 5 N–H and O–H groups in total. The predicted octanol–water partition coefficient (Wildman–Crippen LogP) is 6.20. The second kappa shape index (κ2) is 12.4. The predicted molar refractivity (Wildman–Crippen MR) is 179 cm³/mol. The number of fused-ring (bicyclic) bond motifs is 1. The van der Waals surface area contributed by atoms with Crippen molar-refractivity contribution >= 4 is 28.6 Å². The summed E-state index contributed by atoms with van der Waals surface area (Å²) in [5, 5.41) is 18.3. The summed E-state index contributed by atoms with van der Waals surface area (Å²) in [4.78, 5) is 25.2. The molecule has 3 aromatic heterocycles. The number of carboxylic acid groups (broad SMARTS) is 1. The van der Waals surface area contributed by atoms with Crippen LogP contribution >= 0.6 is 0 Å². The number of aromatic amines is 1. The van der Waals surface area contributed by atoms with E-state index in [9.17, 15) is 23.1 Å². The molecule has 3 atom stereocenters. The number of aryl methyl sites for hydroxylation is 1. The highest BCUT2D eigenvalue weighted by molar-refractivity contribution is 5.85. The third-order valence-corrected chi connectivity index (χ3v) is 9.95. The number of piperidine rings is 1. The lowest BCUT2D eigenvalue weighted by Gasteiger charge is -2.43. The molecule has 49 heavy (non-hydrogen) atoms. The molecule has 0 amide bonds. The van der Waals surface area contributed by atoms with Crippen LogP contribution in [-0.4, -0.2) is 67.2 Å². The summed E-state index contributed by atoms with van der Waals surface area (Å²) in [6, 6.07) is 15.1. The Kier molecular flexibility index (Phi) is 8.21. The third-order valence-electron chi connectivity index (χ3n) is 9.95. The number of nitrogens with zero attached hydrogens (tertiary/aromatic N) is 5. The number of halogens is 3. The summed E-state index contributed by atoms with van der Waals surface area (Å²) in [5.41, 5.74) is 8.99. The van der Waals surface area contributed by atoms with Crippen molar-refractivity contribution in [3.05, 3.63) is 78.2 Å². The number of anilines is 2. The first-order valence-corrected chi connectivity index (χ1v) is 16.3. The molecule has 256 valence electrons. The largest absolute Gasteiger partial charge is 0.480 e. The number of nitrogens with one attached hydrogen (secondary N) is 2. The molecule has 11 nitrogen and oxygen atoms in total. The Morgan fingerprint density at radius 1 is 1.10 bits per heavy atom. The van der Waals surface area contributed by atoms with Crippen LogP contribution in [0.1, 0.15) is 50.0 Å². The molecular formula is C35H37F3N8O3.